The van der Waals surface area contributed by atoms with Gasteiger partial charge in [-0.15, -0.1) is 0 Å². The molecule has 1 aromatic heterocycles. The normalized spacial score (nSPS) is 18.6. The van der Waals surface area contributed by atoms with Gasteiger partial charge in [0.1, 0.15) is 10.8 Å². The number of nitrogens with one attached hydrogen (secondary N) is 1. The van der Waals surface area contributed by atoms with Gasteiger partial charge in [-0.05, 0) is 74.4 Å². The zero-order chi connectivity index (χ0) is 25.6. The number of rotatable bonds is 5. The molecule has 2 aromatic rings. The van der Waals surface area contributed by atoms with E-state index in [4.69, 9.17) is 21.7 Å². The van der Waals surface area contributed by atoms with Gasteiger partial charge in [0.15, 0.2) is 5.84 Å². The van der Waals surface area contributed by atoms with Crippen LogP contribution < -0.4 is 4.74 Å². The van der Waals surface area contributed by atoms with Crippen molar-refractivity contribution >= 4 is 57.3 Å². The van der Waals surface area contributed by atoms with E-state index >= 15 is 0 Å². The first-order valence-electron chi connectivity index (χ1n) is 11.6. The molecule has 0 spiro atoms. The fourth-order valence-electron chi connectivity index (χ4n) is 4.59. The van der Waals surface area contributed by atoms with E-state index in [1.54, 1.807) is 19.3 Å². The van der Waals surface area contributed by atoms with Crippen LogP contribution in [0.1, 0.15) is 36.2 Å². The minimum Gasteiger partial charge on any atom is -0.495 e. The Bertz CT molecular complexity index is 1390. The zero-order valence-electron chi connectivity index (χ0n) is 20.2. The van der Waals surface area contributed by atoms with Crippen molar-refractivity contribution in [3.8, 4) is 11.4 Å². The molecule has 2 amide bonds. The van der Waals surface area contributed by atoms with E-state index < -0.39 is 5.91 Å². The van der Waals surface area contributed by atoms with Crippen LogP contribution in [0.4, 0.5) is 0 Å². The Morgan fingerprint density at radius 3 is 2.69 bits per heavy atom. The molecule has 1 aromatic carbocycles. The molecule has 4 heterocycles. The van der Waals surface area contributed by atoms with Gasteiger partial charge in [0.25, 0.3) is 5.91 Å². The lowest BCUT2D eigenvalue weighted by atomic mass is 10.1. The lowest BCUT2D eigenvalue weighted by molar-refractivity contribution is -0.128. The minimum absolute atomic E-state index is 0.0129. The van der Waals surface area contributed by atoms with E-state index in [1.807, 2.05) is 41.5 Å². The first kappa shape index (κ1) is 24.3. The van der Waals surface area contributed by atoms with Gasteiger partial charge in [-0.3, -0.25) is 15.0 Å². The molecule has 186 valence electrons. The molecule has 9 nitrogen and oxygen atoms in total. The molecule has 11 heteroatoms. The van der Waals surface area contributed by atoms with E-state index in [-0.39, 0.29) is 23.7 Å². The average Bonchev–Trinajstić information content (AvgIpc) is 3.57. The molecule has 1 fully saturated rings. The van der Waals surface area contributed by atoms with Crippen molar-refractivity contribution in [1.29, 1.82) is 5.41 Å². The molecular formula is C25H25ClN6O3S. The number of amides is 2. The van der Waals surface area contributed by atoms with Gasteiger partial charge in [-0.1, -0.05) is 11.6 Å². The highest BCUT2D eigenvalue weighted by Crippen LogP contribution is 2.32. The Hall–Kier alpha value is -3.37. The van der Waals surface area contributed by atoms with Crippen LogP contribution >= 0.6 is 23.4 Å². The van der Waals surface area contributed by atoms with E-state index in [1.165, 1.54) is 16.8 Å². The van der Waals surface area contributed by atoms with Crippen molar-refractivity contribution in [1.82, 2.24) is 14.5 Å². The molecule has 3 aliphatic heterocycles. The molecule has 36 heavy (non-hydrogen) atoms. The fraction of sp³-hybridized carbons (Fsp3) is 0.320. The largest absolute Gasteiger partial charge is 0.495 e. The molecule has 3 aliphatic rings. The quantitative estimate of drug-likeness (QED) is 0.584. The number of carbonyl (C=O) groups excluding carboxylic acids is 2. The van der Waals surface area contributed by atoms with Crippen molar-refractivity contribution in [3.05, 3.63) is 51.8 Å². The van der Waals surface area contributed by atoms with Crippen molar-refractivity contribution < 1.29 is 14.3 Å². The number of aliphatic imine (C=N–C) groups is 1. The van der Waals surface area contributed by atoms with Crippen LogP contribution in [-0.2, 0) is 9.59 Å². The number of carbonyl (C=O) groups is 2. The Morgan fingerprint density at radius 1 is 1.25 bits per heavy atom. The van der Waals surface area contributed by atoms with Gasteiger partial charge >= 0.3 is 0 Å². The number of aromatic nitrogens is 1. The summed E-state index contributed by atoms with van der Waals surface area (Å²) in [6.45, 7) is 5.44. The first-order chi connectivity index (χ1) is 17.3. The molecule has 1 N–H and O–H groups in total. The second kappa shape index (κ2) is 9.59. The molecule has 1 saturated heterocycles. The molecular weight excluding hydrogens is 500 g/mol. The minimum atomic E-state index is -0.502. The molecule has 0 atom stereocenters. The second-order valence-electron chi connectivity index (χ2n) is 8.76. The molecule has 0 unspecified atom stereocenters. The van der Waals surface area contributed by atoms with Crippen molar-refractivity contribution in [2.75, 3.05) is 20.2 Å². The zero-order valence-corrected chi connectivity index (χ0v) is 21.7. The van der Waals surface area contributed by atoms with Gasteiger partial charge in [0.05, 0.1) is 24.1 Å². The number of hydrogen-bond acceptors (Lipinski definition) is 6. The number of thioether (sulfide) groups is 1. The van der Waals surface area contributed by atoms with E-state index in [9.17, 15) is 9.59 Å². The van der Waals surface area contributed by atoms with E-state index in [0.29, 0.717) is 21.0 Å². The molecule has 0 bridgehead atoms. The third-order valence-electron chi connectivity index (χ3n) is 6.42. The molecule has 0 saturated carbocycles. The maximum absolute atomic E-state index is 12.9. The smallest absolute Gasteiger partial charge is 0.283 e. The standard InChI is InChI=1S/C25H25ClN6O3S/c1-14-10-16(15(2)31(14)17-6-7-20(35-3)19(26)12-17)11-18-23(27)32-25(28-24(18)34)36-21(29-32)13-22(33)30-8-4-5-9-30/h6-7,10-12,27H,4-5,8-9,13H2,1-3H3/b18-11+,27-23?. The number of benzene rings is 1. The predicted molar refractivity (Wildman–Crippen MR) is 142 cm³/mol. The van der Waals surface area contributed by atoms with Crippen molar-refractivity contribution in [2.24, 2.45) is 10.1 Å². The number of aryl methyl sites for hydroxylation is 1. The van der Waals surface area contributed by atoms with Gasteiger partial charge < -0.3 is 14.2 Å². The van der Waals surface area contributed by atoms with Gasteiger partial charge in [-0.2, -0.15) is 15.1 Å². The van der Waals surface area contributed by atoms with Gasteiger partial charge in [0, 0.05) is 30.2 Å². The highest BCUT2D eigenvalue weighted by molar-refractivity contribution is 8.27. The van der Waals surface area contributed by atoms with Crippen LogP contribution in [0.15, 0.2) is 39.9 Å². The summed E-state index contributed by atoms with van der Waals surface area (Å²) in [6, 6.07) is 7.48. The Labute approximate surface area is 218 Å². The van der Waals surface area contributed by atoms with Crippen molar-refractivity contribution in [3.63, 3.8) is 0 Å². The lowest BCUT2D eigenvalue weighted by Crippen LogP contribution is -2.35. The van der Waals surface area contributed by atoms with Crippen LogP contribution in [0.2, 0.25) is 5.02 Å². The monoisotopic (exact) mass is 524 g/mol. The summed E-state index contributed by atoms with van der Waals surface area (Å²) in [7, 11) is 1.57. The van der Waals surface area contributed by atoms with Crippen molar-refractivity contribution in [2.45, 2.75) is 33.1 Å². The number of ether oxygens (including phenoxy) is 1. The summed E-state index contributed by atoms with van der Waals surface area (Å²) >= 11 is 7.51. The molecule has 0 aliphatic carbocycles. The number of halogens is 1. The summed E-state index contributed by atoms with van der Waals surface area (Å²) < 4.78 is 7.28. The van der Waals surface area contributed by atoms with Gasteiger partial charge in [-0.25, -0.2) is 0 Å². The fourth-order valence-corrected chi connectivity index (χ4v) is 5.72. The number of hydrazone groups is 1. The maximum atomic E-state index is 12.9. The number of fused-ring (bicyclic) bond motifs is 1. The van der Waals surface area contributed by atoms with Crippen LogP contribution in [-0.4, -0.2) is 62.5 Å². The summed E-state index contributed by atoms with van der Waals surface area (Å²) in [5.41, 5.74) is 3.61. The molecule has 0 radical (unpaired) electrons. The summed E-state index contributed by atoms with van der Waals surface area (Å²) in [6.07, 6.45) is 3.85. The third kappa shape index (κ3) is 4.35. The Morgan fingerprint density at radius 2 is 2.00 bits per heavy atom. The highest BCUT2D eigenvalue weighted by atomic mass is 35.5. The first-order valence-corrected chi connectivity index (χ1v) is 12.8. The average molecular weight is 525 g/mol. The number of amidine groups is 2. The van der Waals surface area contributed by atoms with E-state index in [0.717, 1.165) is 48.6 Å². The van der Waals surface area contributed by atoms with Crippen LogP contribution in [0.25, 0.3) is 11.8 Å². The van der Waals surface area contributed by atoms with Crippen LogP contribution in [0, 0.1) is 19.3 Å². The van der Waals surface area contributed by atoms with Crippen LogP contribution in [0.3, 0.4) is 0 Å². The number of hydrogen-bond donors (Lipinski definition) is 1. The van der Waals surface area contributed by atoms with E-state index in [2.05, 4.69) is 10.1 Å². The second-order valence-corrected chi connectivity index (χ2v) is 10.2. The van der Waals surface area contributed by atoms with Gasteiger partial charge in [0.2, 0.25) is 11.1 Å². The summed E-state index contributed by atoms with van der Waals surface area (Å²) in [5.74, 6) is 0.0429. The SMILES string of the molecule is COc1ccc(-n2c(C)cc(/C=C3\C(=N)N4N=C(CC(=O)N5CCCC5)SC4=NC3=O)c2C)cc1Cl. The third-order valence-corrected chi connectivity index (χ3v) is 7.63. The molecule has 5 rings (SSSR count). The summed E-state index contributed by atoms with van der Waals surface area (Å²) in [5, 5.41) is 15.8. The number of likely N-dealkylation sites (tertiary alicyclic amines) is 1. The predicted octanol–water partition coefficient (Wildman–Crippen LogP) is 4.39. The maximum Gasteiger partial charge on any atom is 0.283 e. The topological polar surface area (TPSA) is 103 Å². The lowest BCUT2D eigenvalue weighted by Gasteiger charge is -2.20. The Kier molecular flexibility index (Phi) is 6.48. The highest BCUT2D eigenvalue weighted by Gasteiger charge is 2.36. The number of nitrogens with zero attached hydrogens (tertiary/aromatic N) is 5. The van der Waals surface area contributed by atoms with Crippen LogP contribution in [0.5, 0.6) is 5.75 Å². The Balaban J connectivity index is 1.41. The number of methoxy groups -OCH3 is 1. The summed E-state index contributed by atoms with van der Waals surface area (Å²) in [4.78, 5) is 31.4.